The van der Waals surface area contributed by atoms with Crippen molar-refractivity contribution in [3.05, 3.63) is 28.5 Å². The van der Waals surface area contributed by atoms with Gasteiger partial charge in [0.2, 0.25) is 15.9 Å². The summed E-state index contributed by atoms with van der Waals surface area (Å²) >= 11 is 1.22. The predicted octanol–water partition coefficient (Wildman–Crippen LogP) is 1.19. The SMILES string of the molecule is CCOC(=O)c1c(S(=O)(=O)NCC(=O)Nc2nccs2)c(C)n(C)c1C. The first kappa shape index (κ1) is 20.1. The van der Waals surface area contributed by atoms with Crippen molar-refractivity contribution in [1.29, 1.82) is 0 Å². The number of nitrogens with zero attached hydrogens (tertiary/aromatic N) is 2. The largest absolute Gasteiger partial charge is 0.462 e. The van der Waals surface area contributed by atoms with E-state index >= 15 is 0 Å². The molecule has 1 amide bonds. The van der Waals surface area contributed by atoms with Gasteiger partial charge in [-0.1, -0.05) is 0 Å². The molecule has 0 radical (unpaired) electrons. The number of hydrogen-bond acceptors (Lipinski definition) is 7. The number of thiazole rings is 1. The molecule has 2 N–H and O–H groups in total. The predicted molar refractivity (Wildman–Crippen MR) is 96.8 cm³/mol. The highest BCUT2D eigenvalue weighted by Gasteiger charge is 2.31. The van der Waals surface area contributed by atoms with Gasteiger partial charge >= 0.3 is 5.97 Å². The second-order valence-electron chi connectivity index (χ2n) is 5.36. The molecule has 0 atom stereocenters. The smallest absolute Gasteiger partial charge is 0.341 e. The van der Waals surface area contributed by atoms with Crippen LogP contribution in [0.1, 0.15) is 28.7 Å². The lowest BCUT2D eigenvalue weighted by atomic mass is 10.2. The molecule has 0 unspecified atom stereocenters. The zero-order chi connectivity index (χ0) is 19.5. The lowest BCUT2D eigenvalue weighted by Crippen LogP contribution is -2.33. The highest BCUT2D eigenvalue weighted by molar-refractivity contribution is 7.89. The van der Waals surface area contributed by atoms with Crippen LogP contribution in [-0.4, -0.2) is 43.0 Å². The monoisotopic (exact) mass is 400 g/mol. The first-order chi connectivity index (χ1) is 12.2. The average molecular weight is 400 g/mol. The molecule has 0 aliphatic heterocycles. The van der Waals surface area contributed by atoms with E-state index in [2.05, 4.69) is 15.0 Å². The number of anilines is 1. The van der Waals surface area contributed by atoms with E-state index in [-0.39, 0.29) is 17.1 Å². The van der Waals surface area contributed by atoms with Gasteiger partial charge in [-0.2, -0.15) is 0 Å². The fourth-order valence-electron chi connectivity index (χ4n) is 2.37. The van der Waals surface area contributed by atoms with Crippen LogP contribution in [0.15, 0.2) is 16.5 Å². The standard InChI is InChI=1S/C15H20N4O5S2/c1-5-24-14(21)12-9(2)19(4)10(3)13(12)26(22,23)17-8-11(20)18-15-16-6-7-25-15/h6-7,17H,5,8H2,1-4H3,(H,16,18,20). The Hall–Kier alpha value is -2.24. The van der Waals surface area contributed by atoms with Crippen LogP contribution in [0.4, 0.5) is 5.13 Å². The summed E-state index contributed by atoms with van der Waals surface area (Å²) in [6.07, 6.45) is 1.52. The second-order valence-corrected chi connectivity index (χ2v) is 7.96. The van der Waals surface area contributed by atoms with Gasteiger partial charge in [0.25, 0.3) is 0 Å². The third-order valence-corrected chi connectivity index (χ3v) is 6.02. The maximum Gasteiger partial charge on any atom is 0.341 e. The normalized spacial score (nSPS) is 11.4. The van der Waals surface area contributed by atoms with Crippen LogP contribution in [0.3, 0.4) is 0 Å². The van der Waals surface area contributed by atoms with E-state index in [4.69, 9.17) is 4.74 Å². The van der Waals surface area contributed by atoms with Crippen LogP contribution < -0.4 is 10.0 Å². The highest BCUT2D eigenvalue weighted by atomic mass is 32.2. The Kier molecular flexibility index (Phi) is 6.16. The fraction of sp³-hybridized carbons (Fsp3) is 0.400. The van der Waals surface area contributed by atoms with Crippen molar-refractivity contribution in [2.24, 2.45) is 7.05 Å². The van der Waals surface area contributed by atoms with Crippen molar-refractivity contribution in [2.45, 2.75) is 25.7 Å². The van der Waals surface area contributed by atoms with Crippen LogP contribution in [0, 0.1) is 13.8 Å². The first-order valence-corrected chi connectivity index (χ1v) is 10.1. The molecule has 11 heteroatoms. The second kappa shape index (κ2) is 7.98. The number of aromatic nitrogens is 2. The Labute approximate surface area is 155 Å². The summed E-state index contributed by atoms with van der Waals surface area (Å²) in [7, 11) is -2.46. The van der Waals surface area contributed by atoms with E-state index in [0.717, 1.165) is 0 Å². The zero-order valence-corrected chi connectivity index (χ0v) is 16.5. The van der Waals surface area contributed by atoms with Crippen LogP contribution in [0.2, 0.25) is 0 Å². The molecule has 0 aliphatic rings. The van der Waals surface area contributed by atoms with Crippen molar-refractivity contribution < 1.29 is 22.7 Å². The van der Waals surface area contributed by atoms with E-state index in [1.165, 1.54) is 17.5 Å². The molecule has 2 heterocycles. The molecule has 0 fully saturated rings. The number of carbonyl (C=O) groups excluding carboxylic acids is 2. The summed E-state index contributed by atoms with van der Waals surface area (Å²) < 4.78 is 34.3. The molecule has 26 heavy (non-hydrogen) atoms. The summed E-state index contributed by atoms with van der Waals surface area (Å²) in [6, 6.07) is 0. The number of sulfonamides is 1. The summed E-state index contributed by atoms with van der Waals surface area (Å²) in [4.78, 5) is 27.8. The summed E-state index contributed by atoms with van der Waals surface area (Å²) in [6.45, 7) is 4.48. The highest BCUT2D eigenvalue weighted by Crippen LogP contribution is 2.26. The van der Waals surface area contributed by atoms with Crippen LogP contribution in [0.5, 0.6) is 0 Å². The van der Waals surface area contributed by atoms with Gasteiger partial charge in [-0.15, -0.1) is 11.3 Å². The Balaban J connectivity index is 2.26. The quantitative estimate of drug-likeness (QED) is 0.674. The molecule has 0 aliphatic carbocycles. The number of amides is 1. The summed E-state index contributed by atoms with van der Waals surface area (Å²) in [5.74, 6) is -1.28. The summed E-state index contributed by atoms with van der Waals surface area (Å²) in [5, 5.41) is 4.53. The zero-order valence-electron chi connectivity index (χ0n) is 14.8. The Morgan fingerprint density at radius 2 is 2.00 bits per heavy atom. The molecule has 2 rings (SSSR count). The van der Waals surface area contributed by atoms with Crippen molar-refractivity contribution >= 4 is 38.4 Å². The van der Waals surface area contributed by atoms with Gasteiger partial charge in [0.05, 0.1) is 13.2 Å². The molecule has 0 saturated heterocycles. The van der Waals surface area contributed by atoms with E-state index < -0.39 is 28.4 Å². The van der Waals surface area contributed by atoms with Crippen LogP contribution in [0.25, 0.3) is 0 Å². The minimum atomic E-state index is -4.11. The first-order valence-electron chi connectivity index (χ1n) is 7.71. The van der Waals surface area contributed by atoms with Gasteiger partial charge in [-0.25, -0.2) is 22.9 Å². The van der Waals surface area contributed by atoms with Gasteiger partial charge in [0.1, 0.15) is 10.5 Å². The van der Waals surface area contributed by atoms with Gasteiger partial charge in [-0.05, 0) is 20.8 Å². The molecular formula is C15H20N4O5S2. The molecule has 142 valence electrons. The van der Waals surface area contributed by atoms with Crippen molar-refractivity contribution in [3.8, 4) is 0 Å². The molecule has 9 nitrogen and oxygen atoms in total. The minimum Gasteiger partial charge on any atom is -0.462 e. The molecular weight excluding hydrogens is 380 g/mol. The molecule has 0 spiro atoms. The maximum absolute atomic E-state index is 12.7. The van der Waals surface area contributed by atoms with Gasteiger partial charge in [-0.3, -0.25) is 4.79 Å². The van der Waals surface area contributed by atoms with Crippen LogP contribution in [-0.2, 0) is 26.6 Å². The van der Waals surface area contributed by atoms with Gasteiger partial charge < -0.3 is 14.6 Å². The Morgan fingerprint density at radius 3 is 2.58 bits per heavy atom. The van der Waals surface area contributed by atoms with Crippen molar-refractivity contribution in [1.82, 2.24) is 14.3 Å². The number of rotatable bonds is 7. The number of carbonyl (C=O) groups is 2. The number of hydrogen-bond donors (Lipinski definition) is 2. The molecule has 2 aromatic rings. The topological polar surface area (TPSA) is 119 Å². The van der Waals surface area contributed by atoms with E-state index in [9.17, 15) is 18.0 Å². The van der Waals surface area contributed by atoms with Crippen molar-refractivity contribution in [2.75, 3.05) is 18.5 Å². The van der Waals surface area contributed by atoms with E-state index in [0.29, 0.717) is 16.5 Å². The molecule has 0 aromatic carbocycles. The van der Waals surface area contributed by atoms with Gasteiger partial charge in [0, 0.05) is 30.0 Å². The van der Waals surface area contributed by atoms with Crippen LogP contribution >= 0.6 is 11.3 Å². The fourth-order valence-corrected chi connectivity index (χ4v) is 4.41. The lowest BCUT2D eigenvalue weighted by molar-refractivity contribution is -0.115. The van der Waals surface area contributed by atoms with E-state index in [1.807, 2.05) is 0 Å². The third kappa shape index (κ3) is 4.11. The lowest BCUT2D eigenvalue weighted by Gasteiger charge is -2.09. The molecule has 0 bridgehead atoms. The minimum absolute atomic E-state index is 0.0281. The summed E-state index contributed by atoms with van der Waals surface area (Å²) in [5.41, 5.74) is 0.812. The third-order valence-electron chi connectivity index (χ3n) is 3.77. The molecule has 2 aromatic heterocycles. The average Bonchev–Trinajstić information content (AvgIpc) is 3.16. The maximum atomic E-state index is 12.7. The van der Waals surface area contributed by atoms with E-state index in [1.54, 1.807) is 37.8 Å². The van der Waals surface area contributed by atoms with Crippen molar-refractivity contribution in [3.63, 3.8) is 0 Å². The molecule has 0 saturated carbocycles. The Bertz CT molecular complexity index is 916. The number of nitrogens with one attached hydrogen (secondary N) is 2. The number of ether oxygens (including phenoxy) is 1. The number of esters is 1. The van der Waals surface area contributed by atoms with Gasteiger partial charge in [0.15, 0.2) is 5.13 Å². The Morgan fingerprint density at radius 1 is 1.31 bits per heavy atom.